The number of amides is 2. The number of hydrogen-bond acceptors (Lipinski definition) is 5. The maximum atomic E-state index is 13.8. The molecule has 0 aliphatic carbocycles. The Morgan fingerprint density at radius 1 is 1.07 bits per heavy atom. The molecule has 4 N–H and O–H groups in total. The summed E-state index contributed by atoms with van der Waals surface area (Å²) in [7, 11) is 1.33. The molecule has 0 saturated carbocycles. The van der Waals surface area contributed by atoms with E-state index in [0.717, 1.165) is 12.0 Å². The largest absolute Gasteiger partial charge is 0.351 e. The molecule has 1 heterocycles. The molecule has 1 saturated heterocycles. The lowest BCUT2D eigenvalue weighted by Gasteiger charge is -2.29. The second-order valence-electron chi connectivity index (χ2n) is 10.4. The zero-order valence-electron chi connectivity index (χ0n) is 23.6. The molecular formula is C33H40FN5O2. The predicted molar refractivity (Wildman–Crippen MR) is 163 cm³/mol. The van der Waals surface area contributed by atoms with Gasteiger partial charge in [0.15, 0.2) is 0 Å². The highest BCUT2D eigenvalue weighted by Gasteiger charge is 2.32. The first-order valence-corrected chi connectivity index (χ1v) is 14.2. The lowest BCUT2D eigenvalue weighted by molar-refractivity contribution is -0.133. The third-order valence-electron chi connectivity index (χ3n) is 7.50. The van der Waals surface area contributed by atoms with Gasteiger partial charge in [0.1, 0.15) is 0 Å². The van der Waals surface area contributed by atoms with Crippen LogP contribution in [0, 0.1) is 0 Å². The van der Waals surface area contributed by atoms with Crippen molar-refractivity contribution in [2.75, 3.05) is 38.3 Å². The monoisotopic (exact) mass is 557 g/mol. The van der Waals surface area contributed by atoms with Crippen LogP contribution in [0.4, 0.5) is 10.2 Å². The van der Waals surface area contributed by atoms with Gasteiger partial charge in [0.05, 0.1) is 11.7 Å². The highest BCUT2D eigenvalue weighted by atomic mass is 19.2. The quantitative estimate of drug-likeness (QED) is 0.229. The van der Waals surface area contributed by atoms with Gasteiger partial charge in [-0.3, -0.25) is 9.59 Å². The minimum Gasteiger partial charge on any atom is -0.351 e. The van der Waals surface area contributed by atoms with Crippen LogP contribution in [0.15, 0.2) is 91.0 Å². The summed E-state index contributed by atoms with van der Waals surface area (Å²) in [6, 6.07) is 27.0. The molecule has 4 rings (SSSR count). The second-order valence-corrected chi connectivity index (χ2v) is 10.4. The molecule has 1 aliphatic rings. The Morgan fingerprint density at radius 2 is 1.71 bits per heavy atom. The standard InChI is InChI=1S/C33H40FN5O2/c1-38(34)29-17-14-25(15-18-29)16-19-32(40)36-23-28-20-22-39(33(41)31(37-28)13-8-21-35)24-30(26-9-4-2-5-10-26)27-11-6-3-7-12-27/h2-7,9-12,14-19,28,30-31,37H,8,13,20-24,35H2,1H3,(H,36,40)/b19-16+. The van der Waals surface area contributed by atoms with Crippen LogP contribution in [0.1, 0.15) is 41.9 Å². The summed E-state index contributed by atoms with van der Waals surface area (Å²) in [4.78, 5) is 28.3. The third-order valence-corrected chi connectivity index (χ3v) is 7.50. The van der Waals surface area contributed by atoms with E-state index in [-0.39, 0.29) is 29.8 Å². The first-order chi connectivity index (χ1) is 19.9. The lowest BCUT2D eigenvalue weighted by Crippen LogP contribution is -2.49. The molecule has 8 heteroatoms. The van der Waals surface area contributed by atoms with Gasteiger partial charge in [0, 0.05) is 44.7 Å². The molecular weight excluding hydrogens is 517 g/mol. The Morgan fingerprint density at radius 3 is 2.29 bits per heavy atom. The number of rotatable bonds is 12. The number of carbonyl (C=O) groups excluding carboxylic acids is 2. The van der Waals surface area contributed by atoms with E-state index in [0.29, 0.717) is 49.8 Å². The average Bonchev–Trinajstić information content (AvgIpc) is 3.15. The first-order valence-electron chi connectivity index (χ1n) is 14.2. The smallest absolute Gasteiger partial charge is 0.244 e. The molecule has 0 spiro atoms. The highest BCUT2D eigenvalue weighted by Crippen LogP contribution is 2.27. The molecule has 0 radical (unpaired) electrons. The molecule has 3 aromatic rings. The minimum atomic E-state index is -0.363. The van der Waals surface area contributed by atoms with Gasteiger partial charge in [-0.2, -0.15) is 0 Å². The number of halogens is 1. The fourth-order valence-corrected chi connectivity index (χ4v) is 5.19. The van der Waals surface area contributed by atoms with Gasteiger partial charge in [-0.15, -0.1) is 4.48 Å². The van der Waals surface area contributed by atoms with Crippen LogP contribution in [0.5, 0.6) is 0 Å². The van der Waals surface area contributed by atoms with Crippen molar-refractivity contribution in [2.45, 2.75) is 37.3 Å². The maximum absolute atomic E-state index is 13.8. The van der Waals surface area contributed by atoms with Gasteiger partial charge in [0.25, 0.3) is 0 Å². The van der Waals surface area contributed by atoms with Crippen LogP contribution in [-0.4, -0.2) is 62.0 Å². The molecule has 1 fully saturated rings. The lowest BCUT2D eigenvalue weighted by atomic mass is 9.90. The fourth-order valence-electron chi connectivity index (χ4n) is 5.19. The van der Waals surface area contributed by atoms with Gasteiger partial charge in [-0.25, -0.2) is 5.12 Å². The Hall–Kier alpha value is -4.01. The Balaban J connectivity index is 1.42. The molecule has 216 valence electrons. The van der Waals surface area contributed by atoms with Gasteiger partial charge in [-0.1, -0.05) is 72.8 Å². The zero-order chi connectivity index (χ0) is 29.0. The Bertz CT molecular complexity index is 1230. The summed E-state index contributed by atoms with van der Waals surface area (Å²) in [6.45, 7) is 2.08. The maximum Gasteiger partial charge on any atom is 0.244 e. The number of anilines is 1. The van der Waals surface area contributed by atoms with E-state index in [1.807, 2.05) is 41.3 Å². The van der Waals surface area contributed by atoms with Crippen molar-refractivity contribution in [3.8, 4) is 0 Å². The van der Waals surface area contributed by atoms with Crippen molar-refractivity contribution >= 4 is 23.6 Å². The van der Waals surface area contributed by atoms with Crippen LogP contribution in [0.3, 0.4) is 0 Å². The summed E-state index contributed by atoms with van der Waals surface area (Å²) in [5, 5.41) is 7.01. The third kappa shape index (κ3) is 8.74. The van der Waals surface area contributed by atoms with Crippen LogP contribution in [0.2, 0.25) is 0 Å². The second kappa shape index (κ2) is 15.1. The highest BCUT2D eigenvalue weighted by molar-refractivity contribution is 5.91. The minimum absolute atomic E-state index is 0.0530. The average molecular weight is 558 g/mol. The molecule has 2 atom stereocenters. The summed E-state index contributed by atoms with van der Waals surface area (Å²) in [6.07, 6.45) is 5.25. The molecule has 7 nitrogen and oxygen atoms in total. The van der Waals surface area contributed by atoms with Gasteiger partial charge < -0.3 is 21.3 Å². The van der Waals surface area contributed by atoms with Crippen molar-refractivity contribution in [1.82, 2.24) is 15.5 Å². The van der Waals surface area contributed by atoms with E-state index in [2.05, 4.69) is 34.9 Å². The van der Waals surface area contributed by atoms with Crippen molar-refractivity contribution < 1.29 is 14.1 Å². The summed E-state index contributed by atoms with van der Waals surface area (Å²) >= 11 is 0. The molecule has 1 aliphatic heterocycles. The molecule has 2 unspecified atom stereocenters. The van der Waals surface area contributed by atoms with Gasteiger partial charge >= 0.3 is 0 Å². The van der Waals surface area contributed by atoms with Crippen molar-refractivity contribution in [2.24, 2.45) is 5.73 Å². The molecule has 0 aromatic heterocycles. The van der Waals surface area contributed by atoms with Crippen molar-refractivity contribution in [3.05, 3.63) is 108 Å². The van der Waals surface area contributed by atoms with E-state index < -0.39 is 0 Å². The van der Waals surface area contributed by atoms with E-state index in [1.54, 1.807) is 30.3 Å². The van der Waals surface area contributed by atoms with E-state index in [1.165, 1.54) is 24.3 Å². The van der Waals surface area contributed by atoms with Crippen LogP contribution < -0.4 is 21.5 Å². The molecule has 41 heavy (non-hydrogen) atoms. The van der Waals surface area contributed by atoms with E-state index in [4.69, 9.17) is 5.73 Å². The van der Waals surface area contributed by atoms with Gasteiger partial charge in [-0.05, 0) is 60.7 Å². The fraction of sp³-hybridized carbons (Fsp3) is 0.333. The number of hydrogen-bond donors (Lipinski definition) is 3. The summed E-state index contributed by atoms with van der Waals surface area (Å²) < 4.78 is 13.3. The molecule has 0 bridgehead atoms. The van der Waals surface area contributed by atoms with Crippen LogP contribution in [0.25, 0.3) is 6.08 Å². The van der Waals surface area contributed by atoms with Crippen LogP contribution >= 0.6 is 0 Å². The topological polar surface area (TPSA) is 90.7 Å². The normalized spacial score (nSPS) is 17.6. The van der Waals surface area contributed by atoms with E-state index >= 15 is 0 Å². The number of nitrogens with one attached hydrogen (secondary N) is 2. The molecule has 2 amide bonds. The molecule has 3 aromatic carbocycles. The summed E-state index contributed by atoms with van der Waals surface area (Å²) in [5.74, 6) is -0.0960. The van der Waals surface area contributed by atoms with Crippen LogP contribution in [-0.2, 0) is 9.59 Å². The predicted octanol–water partition coefficient (Wildman–Crippen LogP) is 4.27. The number of nitrogens with zero attached hydrogens (tertiary/aromatic N) is 2. The summed E-state index contributed by atoms with van der Waals surface area (Å²) in [5.41, 5.74) is 9.38. The first kappa shape index (κ1) is 30.0. The zero-order valence-corrected chi connectivity index (χ0v) is 23.6. The Kier molecular flexibility index (Phi) is 11.0. The van der Waals surface area contributed by atoms with Crippen molar-refractivity contribution in [1.29, 1.82) is 0 Å². The number of carbonyl (C=O) groups is 2. The van der Waals surface area contributed by atoms with Crippen molar-refractivity contribution in [3.63, 3.8) is 0 Å². The Labute approximate surface area is 242 Å². The van der Waals surface area contributed by atoms with E-state index in [9.17, 15) is 14.1 Å². The SMILES string of the molecule is CN(F)c1ccc(/C=C/C(=O)NCC2CCN(CC(c3ccccc3)c3ccccc3)C(=O)C(CCCN)N2)cc1. The van der Waals surface area contributed by atoms with Gasteiger partial charge in [0.2, 0.25) is 11.8 Å². The number of nitrogens with two attached hydrogens (primary N) is 1. The number of benzene rings is 3.